The fourth-order valence-electron chi connectivity index (χ4n) is 0.555. The van der Waals surface area contributed by atoms with Crippen LogP contribution < -0.4 is 56.5 Å². The summed E-state index contributed by atoms with van der Waals surface area (Å²) in [4.78, 5) is 10.8. The molecule has 0 radical (unpaired) electrons. The van der Waals surface area contributed by atoms with Crippen molar-refractivity contribution in [1.29, 1.82) is 0 Å². The van der Waals surface area contributed by atoms with E-state index < -0.39 is 5.97 Å². The first-order chi connectivity index (χ1) is 4.29. The first-order valence-corrected chi connectivity index (χ1v) is 3.39. The van der Waals surface area contributed by atoms with Crippen LogP contribution in [0.2, 0.25) is 0 Å². The molecule has 0 bridgehead atoms. The molecule has 48 valence electrons. The molecule has 4 heteroatoms. The largest absolute Gasteiger partial charge is 1.00 e. The number of carbonyl (C=O) groups is 1. The van der Waals surface area contributed by atoms with E-state index in [1.165, 1.54) is 11.3 Å². The molecule has 1 aromatic heterocycles. The number of thiophene rings is 1. The van der Waals surface area contributed by atoms with Crippen molar-refractivity contribution >= 4 is 17.3 Å². The summed E-state index contributed by atoms with van der Waals surface area (Å²) in [5.41, 5.74) is 0. The molecule has 0 atom stereocenters. The van der Waals surface area contributed by atoms with Gasteiger partial charge >= 0.3 is 51.4 Å². The van der Waals surface area contributed by atoms with Gasteiger partial charge in [-0.15, -0.1) is 11.3 Å². The Kier molecular flexibility index (Phi) is 5.90. The fourth-order valence-corrected chi connectivity index (χ4v) is 1.25. The third-order valence-corrected chi connectivity index (χ3v) is 1.78. The second-order valence-electron chi connectivity index (χ2n) is 1.63. The minimum atomic E-state index is -1.02. The Labute approximate surface area is 106 Å². The molecule has 2 nitrogen and oxygen atoms in total. The number of hydrogen-bond acceptors (Lipinski definition) is 3. The van der Waals surface area contributed by atoms with Gasteiger partial charge in [-0.25, -0.2) is 0 Å². The van der Waals surface area contributed by atoms with Crippen LogP contribution in [0.3, 0.4) is 0 Å². The Balaban J connectivity index is 0.000000810. The van der Waals surface area contributed by atoms with E-state index >= 15 is 0 Å². The number of aliphatic carboxylic acids is 1. The zero-order valence-electron chi connectivity index (χ0n) is 5.66. The van der Waals surface area contributed by atoms with Crippen molar-refractivity contribution in [2.75, 3.05) is 0 Å². The molecular formula is C6H5KO2S. The molecule has 0 aliphatic carbocycles. The van der Waals surface area contributed by atoms with E-state index in [1.807, 2.05) is 11.4 Å². The van der Waals surface area contributed by atoms with Crippen molar-refractivity contribution in [3.63, 3.8) is 0 Å². The molecule has 0 spiro atoms. The van der Waals surface area contributed by atoms with Crippen LogP contribution in [0.15, 0.2) is 17.5 Å². The van der Waals surface area contributed by atoms with Gasteiger partial charge in [0, 0.05) is 17.3 Å². The number of carboxylic acids is 1. The first-order valence-electron chi connectivity index (χ1n) is 2.51. The van der Waals surface area contributed by atoms with Gasteiger partial charge in [0.2, 0.25) is 0 Å². The van der Waals surface area contributed by atoms with Crippen molar-refractivity contribution in [1.82, 2.24) is 0 Å². The number of hydrogen-bond donors (Lipinski definition) is 0. The Morgan fingerprint density at radius 1 is 1.70 bits per heavy atom. The molecule has 0 unspecified atom stereocenters. The van der Waals surface area contributed by atoms with Gasteiger partial charge in [-0.3, -0.25) is 0 Å². The van der Waals surface area contributed by atoms with Gasteiger partial charge in [0.05, 0.1) is 0 Å². The summed E-state index contributed by atoms with van der Waals surface area (Å²) in [6, 6.07) is 3.60. The Bertz CT molecular complexity index is 196. The van der Waals surface area contributed by atoms with E-state index in [2.05, 4.69) is 0 Å². The number of carbonyl (C=O) groups excluding carboxylic acids is 1. The average molecular weight is 180 g/mol. The van der Waals surface area contributed by atoms with Gasteiger partial charge in [-0.2, -0.15) is 0 Å². The molecule has 1 aromatic rings. The molecule has 10 heavy (non-hydrogen) atoms. The van der Waals surface area contributed by atoms with Gasteiger partial charge in [0.15, 0.2) is 0 Å². The van der Waals surface area contributed by atoms with Crippen LogP contribution >= 0.6 is 11.3 Å². The van der Waals surface area contributed by atoms with E-state index in [-0.39, 0.29) is 57.8 Å². The van der Waals surface area contributed by atoms with Gasteiger partial charge in [0.25, 0.3) is 0 Å². The van der Waals surface area contributed by atoms with Crippen molar-refractivity contribution in [2.24, 2.45) is 0 Å². The van der Waals surface area contributed by atoms with Crippen molar-refractivity contribution in [3.05, 3.63) is 22.4 Å². The van der Waals surface area contributed by atoms with Crippen LogP contribution in [0.4, 0.5) is 0 Å². The monoisotopic (exact) mass is 180 g/mol. The molecule has 0 N–H and O–H groups in total. The number of rotatable bonds is 2. The molecule has 0 saturated carbocycles. The summed E-state index contributed by atoms with van der Waals surface area (Å²) < 4.78 is 0. The number of carboxylic acid groups (broad SMARTS) is 1. The second-order valence-corrected chi connectivity index (χ2v) is 2.66. The van der Waals surface area contributed by atoms with E-state index in [0.29, 0.717) is 0 Å². The fraction of sp³-hybridized carbons (Fsp3) is 0.167. The minimum Gasteiger partial charge on any atom is -0.550 e. The summed E-state index contributed by atoms with van der Waals surface area (Å²) in [6.07, 6.45) is 0.0394. The molecular weight excluding hydrogens is 175 g/mol. The molecule has 0 fully saturated rings. The van der Waals surface area contributed by atoms with Crippen molar-refractivity contribution in [3.8, 4) is 0 Å². The molecule has 0 saturated heterocycles. The Morgan fingerprint density at radius 3 is 2.80 bits per heavy atom. The van der Waals surface area contributed by atoms with E-state index in [1.54, 1.807) is 6.07 Å². The van der Waals surface area contributed by atoms with Crippen molar-refractivity contribution < 1.29 is 61.3 Å². The second kappa shape index (κ2) is 5.46. The summed E-state index contributed by atoms with van der Waals surface area (Å²) in [5.74, 6) is -1.02. The quantitative estimate of drug-likeness (QED) is 0.456. The SMILES string of the molecule is O=C([O-])Cc1cccs1.[K+]. The van der Waals surface area contributed by atoms with Crippen LogP contribution in [0.25, 0.3) is 0 Å². The summed E-state index contributed by atoms with van der Waals surface area (Å²) in [5, 5.41) is 11.8. The summed E-state index contributed by atoms with van der Waals surface area (Å²) in [6.45, 7) is 0. The van der Waals surface area contributed by atoms with Crippen molar-refractivity contribution in [2.45, 2.75) is 6.42 Å². The predicted molar refractivity (Wildman–Crippen MR) is 33.0 cm³/mol. The first kappa shape index (κ1) is 10.8. The topological polar surface area (TPSA) is 40.1 Å². The third-order valence-electron chi connectivity index (χ3n) is 0.899. The molecule has 1 heterocycles. The van der Waals surface area contributed by atoms with Gasteiger partial charge in [0.1, 0.15) is 0 Å². The van der Waals surface area contributed by atoms with Crippen LogP contribution in [0.5, 0.6) is 0 Å². The summed E-state index contributed by atoms with van der Waals surface area (Å²) in [7, 11) is 0. The Morgan fingerprint density at radius 2 is 2.40 bits per heavy atom. The maximum atomic E-state index is 9.96. The van der Waals surface area contributed by atoms with Gasteiger partial charge < -0.3 is 9.90 Å². The maximum absolute atomic E-state index is 9.96. The zero-order valence-corrected chi connectivity index (χ0v) is 9.60. The van der Waals surface area contributed by atoms with E-state index in [0.717, 1.165) is 4.88 Å². The normalized spacial score (nSPS) is 8.40. The molecule has 0 aliphatic heterocycles. The van der Waals surface area contributed by atoms with Crippen LogP contribution in [0.1, 0.15) is 4.88 Å². The van der Waals surface area contributed by atoms with Crippen LogP contribution in [0, 0.1) is 0 Å². The molecule has 0 aliphatic rings. The molecule has 0 aromatic carbocycles. The molecule has 1 rings (SSSR count). The maximum Gasteiger partial charge on any atom is 1.00 e. The van der Waals surface area contributed by atoms with Crippen LogP contribution in [-0.4, -0.2) is 5.97 Å². The summed E-state index contributed by atoms with van der Waals surface area (Å²) >= 11 is 1.43. The average Bonchev–Trinajstić information content (AvgIpc) is 2.15. The zero-order chi connectivity index (χ0) is 6.69. The minimum absolute atomic E-state index is 0. The van der Waals surface area contributed by atoms with Gasteiger partial charge in [-0.05, 0) is 11.4 Å². The third kappa shape index (κ3) is 3.85. The van der Waals surface area contributed by atoms with E-state index in [4.69, 9.17) is 0 Å². The van der Waals surface area contributed by atoms with Gasteiger partial charge in [-0.1, -0.05) is 6.07 Å². The molecule has 0 amide bonds. The standard InChI is InChI=1S/C6H6O2S.K/c7-6(8)4-5-2-1-3-9-5;/h1-3H,4H2,(H,7,8);/q;+1/p-1. The van der Waals surface area contributed by atoms with E-state index in [9.17, 15) is 9.90 Å². The Hall–Kier alpha value is 0.806. The smallest absolute Gasteiger partial charge is 0.550 e. The van der Waals surface area contributed by atoms with Crippen LogP contribution in [-0.2, 0) is 11.2 Å². The predicted octanol–water partition coefficient (Wildman–Crippen LogP) is -2.96.